The van der Waals surface area contributed by atoms with Gasteiger partial charge >= 0.3 is 37.7 Å². The summed E-state index contributed by atoms with van der Waals surface area (Å²) in [6.07, 6.45) is 0.626. The van der Waals surface area contributed by atoms with E-state index in [2.05, 4.69) is 0 Å². The predicted molar refractivity (Wildman–Crippen MR) is 84.1 cm³/mol. The largest absolute Gasteiger partial charge is 1.00 e. The number of benzene rings is 1. The van der Waals surface area contributed by atoms with E-state index >= 15 is 0 Å². The van der Waals surface area contributed by atoms with E-state index in [4.69, 9.17) is 0 Å². The van der Waals surface area contributed by atoms with Crippen molar-refractivity contribution in [1.29, 1.82) is 0 Å². The minimum atomic E-state index is -5.17. The monoisotopic (exact) mass is 449 g/mol. The zero-order valence-corrected chi connectivity index (χ0v) is 17.8. The molecule has 1 N–H and O–H groups in total. The van der Waals surface area contributed by atoms with Crippen molar-refractivity contribution in [3.63, 3.8) is 0 Å². The standard InChI is InChI=1S/C10H15NO10S4.2Li/c1-22(12,13)3-2-4-23(14,15)11-8-5-9(24(16,17)18)7-10(6-8)25(19,20)21;;/h5-7,11H,2-4H2,1H3,(H,16,17,18)(H,19,20,21);;/q;2*+1/p-2. The van der Waals surface area contributed by atoms with Crippen LogP contribution in [0.4, 0.5) is 5.69 Å². The number of sulfonamides is 1. The summed E-state index contributed by atoms with van der Waals surface area (Å²) < 4.78 is 114. The summed E-state index contributed by atoms with van der Waals surface area (Å²) in [6, 6.07) is 1.41. The van der Waals surface area contributed by atoms with Gasteiger partial charge in [0.05, 0.1) is 27.0 Å². The molecule has 1 aromatic carbocycles. The number of sulfone groups is 1. The maximum atomic E-state index is 11.8. The van der Waals surface area contributed by atoms with Gasteiger partial charge in [0.2, 0.25) is 10.0 Å². The summed E-state index contributed by atoms with van der Waals surface area (Å²) in [4.78, 5) is -2.23. The van der Waals surface area contributed by atoms with E-state index < -0.39 is 67.1 Å². The molecule has 0 atom stereocenters. The third kappa shape index (κ3) is 10.9. The van der Waals surface area contributed by atoms with Gasteiger partial charge in [-0.25, -0.2) is 33.7 Å². The van der Waals surface area contributed by atoms with Crippen molar-refractivity contribution in [1.82, 2.24) is 0 Å². The molecule has 1 rings (SSSR count). The summed E-state index contributed by atoms with van der Waals surface area (Å²) in [6.45, 7) is 0. The quantitative estimate of drug-likeness (QED) is 0.294. The number of hydrogen-bond acceptors (Lipinski definition) is 10. The SMILES string of the molecule is CS(=O)(=O)CCCS(=O)(=O)Nc1cc(S(=O)(=O)[O-])cc(S(=O)(=O)[O-])c1.[Li+].[Li+]. The van der Waals surface area contributed by atoms with Gasteiger partial charge in [0.25, 0.3) is 0 Å². The van der Waals surface area contributed by atoms with Crippen LogP contribution in [0.2, 0.25) is 0 Å². The van der Waals surface area contributed by atoms with Gasteiger partial charge in [-0.2, -0.15) is 0 Å². The molecule has 0 bridgehead atoms. The Morgan fingerprint density at radius 1 is 0.778 bits per heavy atom. The first-order valence-electron chi connectivity index (χ1n) is 6.25. The van der Waals surface area contributed by atoms with Crippen LogP contribution in [0.5, 0.6) is 0 Å². The molecule has 0 heterocycles. The summed E-state index contributed by atoms with van der Waals surface area (Å²) in [5.74, 6) is -1.10. The van der Waals surface area contributed by atoms with Gasteiger partial charge in [-0.1, -0.05) is 0 Å². The van der Waals surface area contributed by atoms with Crippen molar-refractivity contribution in [2.75, 3.05) is 22.5 Å². The van der Waals surface area contributed by atoms with Crippen molar-refractivity contribution in [2.45, 2.75) is 16.2 Å². The van der Waals surface area contributed by atoms with Crippen LogP contribution in [0.1, 0.15) is 6.42 Å². The molecule has 1 aromatic rings. The van der Waals surface area contributed by atoms with Crippen LogP contribution in [0.15, 0.2) is 28.0 Å². The fraction of sp³-hybridized carbons (Fsp3) is 0.400. The van der Waals surface area contributed by atoms with Crippen LogP contribution in [0, 0.1) is 0 Å². The van der Waals surface area contributed by atoms with Crippen LogP contribution < -0.4 is 42.4 Å². The van der Waals surface area contributed by atoms with Gasteiger partial charge in [-0.3, -0.25) is 4.72 Å². The van der Waals surface area contributed by atoms with Crippen LogP contribution in [-0.2, 0) is 40.1 Å². The Morgan fingerprint density at radius 2 is 1.19 bits per heavy atom. The molecule has 0 aliphatic rings. The minimum Gasteiger partial charge on any atom is -0.744 e. The van der Waals surface area contributed by atoms with Gasteiger partial charge in [0.15, 0.2) is 0 Å². The first-order chi connectivity index (χ1) is 11.0. The summed E-state index contributed by atoms with van der Waals surface area (Å²) in [7, 11) is -17.9. The fourth-order valence-corrected chi connectivity index (χ4v) is 4.78. The predicted octanol–water partition coefficient (Wildman–Crippen LogP) is -7.32. The molecule has 11 nitrogen and oxygen atoms in total. The van der Waals surface area contributed by atoms with E-state index in [1.165, 1.54) is 0 Å². The normalized spacial score (nSPS) is 12.6. The maximum Gasteiger partial charge on any atom is 1.00 e. The molecule has 0 aromatic heterocycles. The average Bonchev–Trinajstić information content (AvgIpc) is 2.33. The second-order valence-corrected chi connectivity index (χ2v) is 11.9. The van der Waals surface area contributed by atoms with Crippen LogP contribution >= 0.6 is 0 Å². The molecule has 0 spiro atoms. The topological polar surface area (TPSA) is 195 Å². The maximum absolute atomic E-state index is 11.8. The molecule has 0 unspecified atom stereocenters. The first-order valence-corrected chi connectivity index (χ1v) is 12.8. The van der Waals surface area contributed by atoms with Gasteiger partial charge < -0.3 is 9.11 Å². The smallest absolute Gasteiger partial charge is 0.744 e. The average molecular weight is 449 g/mol. The minimum absolute atomic E-state index is 0. The molecule has 0 aliphatic heterocycles. The van der Waals surface area contributed by atoms with Gasteiger partial charge in [-0.15, -0.1) is 0 Å². The second-order valence-electron chi connectivity index (χ2n) is 5.01. The Bertz CT molecular complexity index is 1030. The van der Waals surface area contributed by atoms with Crippen LogP contribution in [0.3, 0.4) is 0 Å². The number of nitrogens with one attached hydrogen (secondary N) is 1. The molecule has 0 radical (unpaired) electrons. The molecule has 0 fully saturated rings. The Balaban J connectivity index is 0. The van der Waals surface area contributed by atoms with Crippen LogP contribution in [0.25, 0.3) is 0 Å². The summed E-state index contributed by atoms with van der Waals surface area (Å²) in [5.41, 5.74) is -0.634. The Labute approximate surface area is 182 Å². The van der Waals surface area contributed by atoms with Crippen molar-refractivity contribution in [2.24, 2.45) is 0 Å². The number of rotatable bonds is 8. The molecule has 0 amide bonds. The fourth-order valence-electron chi connectivity index (χ4n) is 1.66. The third-order valence-electron chi connectivity index (χ3n) is 2.66. The Hall–Kier alpha value is -0.0652. The molecule has 0 saturated heterocycles. The first kappa shape index (κ1) is 29.1. The van der Waals surface area contributed by atoms with E-state index in [-0.39, 0.29) is 44.1 Å². The van der Waals surface area contributed by atoms with E-state index in [0.717, 1.165) is 6.26 Å². The Morgan fingerprint density at radius 3 is 1.52 bits per heavy atom. The molecule has 17 heteroatoms. The van der Waals surface area contributed by atoms with E-state index in [9.17, 15) is 42.8 Å². The van der Waals surface area contributed by atoms with E-state index in [1.54, 1.807) is 4.72 Å². The molecule has 144 valence electrons. The Kier molecular flexibility index (Phi) is 10.9. The molecular weight excluding hydrogens is 436 g/mol. The molecule has 0 aliphatic carbocycles. The van der Waals surface area contributed by atoms with Crippen molar-refractivity contribution in [3.8, 4) is 0 Å². The third-order valence-corrected chi connectivity index (χ3v) is 6.69. The van der Waals surface area contributed by atoms with E-state index in [0.29, 0.717) is 18.2 Å². The molecule has 27 heavy (non-hydrogen) atoms. The number of anilines is 1. The van der Waals surface area contributed by atoms with Gasteiger partial charge in [-0.05, 0) is 24.6 Å². The van der Waals surface area contributed by atoms with Crippen LogP contribution in [-0.4, -0.2) is 60.5 Å². The van der Waals surface area contributed by atoms with Crippen molar-refractivity contribution < 1.29 is 80.5 Å². The molecular formula is C10H13Li2NO10S4. The van der Waals surface area contributed by atoms with Crippen molar-refractivity contribution in [3.05, 3.63) is 18.2 Å². The summed E-state index contributed by atoms with van der Waals surface area (Å²) >= 11 is 0. The van der Waals surface area contributed by atoms with Crippen molar-refractivity contribution >= 4 is 45.8 Å². The zero-order chi connectivity index (χ0) is 19.7. The second kappa shape index (κ2) is 10.1. The summed E-state index contributed by atoms with van der Waals surface area (Å²) in [5, 5.41) is 0. The van der Waals surface area contributed by atoms with Gasteiger partial charge in [0.1, 0.15) is 30.1 Å². The van der Waals surface area contributed by atoms with E-state index in [1.807, 2.05) is 0 Å². The molecule has 0 saturated carbocycles. The number of hydrogen-bond donors (Lipinski definition) is 1. The van der Waals surface area contributed by atoms with Gasteiger partial charge in [0, 0.05) is 6.26 Å². The zero-order valence-electron chi connectivity index (χ0n) is 14.6.